The average Bonchev–Trinajstić information content (AvgIpc) is 2.90. The molecule has 39 heavy (non-hydrogen) atoms. The summed E-state index contributed by atoms with van der Waals surface area (Å²) in [5.41, 5.74) is 2.60. The predicted octanol–water partition coefficient (Wildman–Crippen LogP) is 5.67. The fourth-order valence-corrected chi connectivity index (χ4v) is 3.69. The van der Waals surface area contributed by atoms with Crippen LogP contribution in [0.4, 0.5) is 21.9 Å². The van der Waals surface area contributed by atoms with Crippen molar-refractivity contribution >= 4 is 29.0 Å². The number of carbonyl (C=O) groups is 2. The lowest BCUT2D eigenvalue weighted by Gasteiger charge is -2.15. The van der Waals surface area contributed by atoms with Gasteiger partial charge in [-0.2, -0.15) is 0 Å². The number of nitro benzene ring substituents is 1. The maximum Gasteiger partial charge on any atom is 0.319 e. The lowest BCUT2D eigenvalue weighted by molar-refractivity contribution is -0.385. The Morgan fingerprint density at radius 3 is 2.05 bits per heavy atom. The van der Waals surface area contributed by atoms with Gasteiger partial charge in [0.25, 0.3) is 5.91 Å². The van der Waals surface area contributed by atoms with Crippen LogP contribution < -0.4 is 30.2 Å². The van der Waals surface area contributed by atoms with Gasteiger partial charge in [0, 0.05) is 23.5 Å². The highest BCUT2D eigenvalue weighted by molar-refractivity contribution is 6.07. The number of nitro groups is 1. The second-order valence-electron chi connectivity index (χ2n) is 8.32. The van der Waals surface area contributed by atoms with Crippen molar-refractivity contribution in [3.63, 3.8) is 0 Å². The molecular formula is C28H32N4O7. The Morgan fingerprint density at radius 1 is 0.795 bits per heavy atom. The first-order valence-electron chi connectivity index (χ1n) is 12.5. The molecule has 0 saturated heterocycles. The van der Waals surface area contributed by atoms with Gasteiger partial charge in [-0.3, -0.25) is 14.9 Å². The fraction of sp³-hybridized carbons (Fsp3) is 0.286. The summed E-state index contributed by atoms with van der Waals surface area (Å²) in [6, 6.07) is 14.4. The van der Waals surface area contributed by atoms with E-state index >= 15 is 0 Å². The topological polar surface area (TPSA) is 141 Å². The van der Waals surface area contributed by atoms with E-state index in [1.165, 1.54) is 18.2 Å². The van der Waals surface area contributed by atoms with Crippen LogP contribution in [0.3, 0.4) is 0 Å². The average molecular weight is 537 g/mol. The molecule has 0 fully saturated rings. The molecule has 0 saturated carbocycles. The molecule has 3 rings (SSSR count). The van der Waals surface area contributed by atoms with E-state index < -0.39 is 11.0 Å². The molecule has 0 radical (unpaired) electrons. The van der Waals surface area contributed by atoms with Crippen molar-refractivity contribution in [2.45, 2.75) is 34.2 Å². The van der Waals surface area contributed by atoms with E-state index in [2.05, 4.69) is 16.0 Å². The smallest absolute Gasteiger partial charge is 0.319 e. The SMILES string of the molecule is CCOc1cc([N+](=O)[O-])c(OCC)cc1CNC(=O)Nc1ccc(OCC)c(C(=O)Nc2ccc(C)cc2)c1. The highest BCUT2D eigenvalue weighted by Gasteiger charge is 2.21. The first-order valence-corrected chi connectivity index (χ1v) is 12.5. The minimum absolute atomic E-state index is 0.0109. The van der Waals surface area contributed by atoms with Crippen molar-refractivity contribution in [3.05, 3.63) is 81.4 Å². The van der Waals surface area contributed by atoms with Crippen LogP contribution in [-0.4, -0.2) is 36.7 Å². The summed E-state index contributed by atoms with van der Waals surface area (Å²) in [4.78, 5) is 36.6. The molecule has 3 amide bonds. The van der Waals surface area contributed by atoms with Gasteiger partial charge < -0.3 is 30.2 Å². The molecule has 3 aromatic rings. The third-order valence-corrected chi connectivity index (χ3v) is 5.47. The minimum Gasteiger partial charge on any atom is -0.493 e. The largest absolute Gasteiger partial charge is 0.493 e. The van der Waals surface area contributed by atoms with Gasteiger partial charge in [-0.05, 0) is 64.1 Å². The number of hydrogen-bond donors (Lipinski definition) is 3. The Bertz CT molecular complexity index is 1330. The highest BCUT2D eigenvalue weighted by Crippen LogP contribution is 2.35. The number of nitrogens with one attached hydrogen (secondary N) is 3. The molecule has 0 unspecified atom stereocenters. The second-order valence-corrected chi connectivity index (χ2v) is 8.32. The van der Waals surface area contributed by atoms with Crippen LogP contribution >= 0.6 is 0 Å². The van der Waals surface area contributed by atoms with E-state index in [9.17, 15) is 19.7 Å². The van der Waals surface area contributed by atoms with Crippen LogP contribution in [0.15, 0.2) is 54.6 Å². The minimum atomic E-state index is -0.553. The number of ether oxygens (including phenoxy) is 3. The first kappa shape index (κ1) is 28.8. The third-order valence-electron chi connectivity index (χ3n) is 5.47. The molecule has 0 aliphatic heterocycles. The number of anilines is 2. The molecule has 206 valence electrons. The molecule has 3 aromatic carbocycles. The molecule has 0 aliphatic rings. The standard InChI is InChI=1S/C28H32N4O7/c1-5-37-24-13-12-21(15-22(24)27(33)30-20-10-8-18(4)9-11-20)31-28(34)29-17-19-14-26(39-7-3)23(32(35)36)16-25(19)38-6-2/h8-16H,5-7,17H2,1-4H3,(H,30,33)(H2,29,31,34). The zero-order valence-electron chi connectivity index (χ0n) is 22.3. The van der Waals surface area contributed by atoms with Crippen LogP contribution in [0.1, 0.15) is 42.3 Å². The Hall–Kier alpha value is -4.80. The number of aryl methyl sites for hydroxylation is 1. The first-order chi connectivity index (χ1) is 18.7. The Labute approximate surface area is 226 Å². The van der Waals surface area contributed by atoms with Gasteiger partial charge in [0.2, 0.25) is 0 Å². The van der Waals surface area contributed by atoms with Gasteiger partial charge in [-0.1, -0.05) is 17.7 Å². The molecule has 0 spiro atoms. The molecule has 0 aromatic heterocycles. The maximum atomic E-state index is 13.0. The quantitative estimate of drug-likeness (QED) is 0.200. The summed E-state index contributed by atoms with van der Waals surface area (Å²) in [5, 5.41) is 19.7. The van der Waals surface area contributed by atoms with E-state index in [1.54, 1.807) is 38.1 Å². The molecule has 0 atom stereocenters. The normalized spacial score (nSPS) is 10.4. The van der Waals surface area contributed by atoms with E-state index in [4.69, 9.17) is 14.2 Å². The van der Waals surface area contributed by atoms with Gasteiger partial charge >= 0.3 is 11.7 Å². The molecule has 11 nitrogen and oxygen atoms in total. The van der Waals surface area contributed by atoms with Crippen molar-refractivity contribution in [1.82, 2.24) is 5.32 Å². The van der Waals surface area contributed by atoms with E-state index in [0.717, 1.165) is 5.56 Å². The summed E-state index contributed by atoms with van der Waals surface area (Å²) in [6.45, 7) is 8.13. The van der Waals surface area contributed by atoms with Crippen LogP contribution in [0.2, 0.25) is 0 Å². The van der Waals surface area contributed by atoms with Crippen molar-refractivity contribution in [3.8, 4) is 17.2 Å². The summed E-state index contributed by atoms with van der Waals surface area (Å²) in [5.74, 6) is 0.341. The second kappa shape index (κ2) is 13.7. The van der Waals surface area contributed by atoms with Crippen LogP contribution in [0.5, 0.6) is 17.2 Å². The summed E-state index contributed by atoms with van der Waals surface area (Å²) < 4.78 is 16.6. The fourth-order valence-electron chi connectivity index (χ4n) is 3.69. The van der Waals surface area contributed by atoms with Crippen molar-refractivity contribution in [2.75, 3.05) is 30.5 Å². The third kappa shape index (κ3) is 7.84. The monoisotopic (exact) mass is 536 g/mol. The van der Waals surface area contributed by atoms with Crippen molar-refractivity contribution < 1.29 is 28.7 Å². The Morgan fingerprint density at radius 2 is 1.41 bits per heavy atom. The summed E-state index contributed by atoms with van der Waals surface area (Å²) in [7, 11) is 0. The molecule has 0 aliphatic carbocycles. The van der Waals surface area contributed by atoms with Gasteiger partial charge in [0.05, 0.1) is 36.4 Å². The highest BCUT2D eigenvalue weighted by atomic mass is 16.6. The van der Waals surface area contributed by atoms with Gasteiger partial charge in [-0.15, -0.1) is 0 Å². The van der Waals surface area contributed by atoms with E-state index in [-0.39, 0.29) is 48.4 Å². The van der Waals surface area contributed by atoms with Gasteiger partial charge in [0.1, 0.15) is 11.5 Å². The number of carbonyl (C=O) groups excluding carboxylic acids is 2. The maximum absolute atomic E-state index is 13.0. The number of benzene rings is 3. The molecule has 3 N–H and O–H groups in total. The zero-order valence-corrected chi connectivity index (χ0v) is 22.3. The molecular weight excluding hydrogens is 504 g/mol. The Kier molecular flexibility index (Phi) is 10.1. The number of amides is 3. The molecule has 11 heteroatoms. The molecule has 0 heterocycles. The van der Waals surface area contributed by atoms with Crippen LogP contribution in [0, 0.1) is 17.0 Å². The predicted molar refractivity (Wildman–Crippen MR) is 148 cm³/mol. The summed E-state index contributed by atoms with van der Waals surface area (Å²) in [6.07, 6.45) is 0. The lowest BCUT2D eigenvalue weighted by Crippen LogP contribution is -2.28. The number of urea groups is 1. The van der Waals surface area contributed by atoms with Crippen LogP contribution in [0.25, 0.3) is 0 Å². The number of rotatable bonds is 12. The number of nitrogens with zero attached hydrogens (tertiary/aromatic N) is 1. The van der Waals surface area contributed by atoms with E-state index in [0.29, 0.717) is 29.3 Å². The van der Waals surface area contributed by atoms with Crippen molar-refractivity contribution in [2.24, 2.45) is 0 Å². The van der Waals surface area contributed by atoms with Crippen molar-refractivity contribution in [1.29, 1.82) is 0 Å². The Balaban J connectivity index is 1.76. The zero-order chi connectivity index (χ0) is 28.4. The summed E-state index contributed by atoms with van der Waals surface area (Å²) >= 11 is 0. The van der Waals surface area contributed by atoms with Gasteiger partial charge in [0.15, 0.2) is 5.75 Å². The molecule has 0 bridgehead atoms. The lowest BCUT2D eigenvalue weighted by atomic mass is 10.1. The number of hydrogen-bond acceptors (Lipinski definition) is 7. The van der Waals surface area contributed by atoms with Gasteiger partial charge in [-0.25, -0.2) is 4.79 Å². The van der Waals surface area contributed by atoms with Crippen LogP contribution in [-0.2, 0) is 6.54 Å². The van der Waals surface area contributed by atoms with E-state index in [1.807, 2.05) is 26.0 Å².